The first-order chi connectivity index (χ1) is 19.4. The molecule has 5 rings (SSSR count). The molecule has 0 saturated heterocycles. The number of imidazole rings is 1. The van der Waals surface area contributed by atoms with Gasteiger partial charge in [0.1, 0.15) is 16.6 Å². The second kappa shape index (κ2) is 12.3. The number of rotatable bonds is 12. The molecule has 1 unspecified atom stereocenters. The molecule has 0 aliphatic carbocycles. The van der Waals surface area contributed by atoms with Gasteiger partial charge in [0.05, 0.1) is 27.8 Å². The van der Waals surface area contributed by atoms with E-state index >= 15 is 0 Å². The summed E-state index contributed by atoms with van der Waals surface area (Å²) in [7, 11) is -3.84. The fourth-order valence-corrected chi connectivity index (χ4v) is 6.55. The number of oxime groups is 1. The number of nitrogens with two attached hydrogens (primary N) is 1. The van der Waals surface area contributed by atoms with Crippen molar-refractivity contribution in [3.05, 3.63) is 107 Å². The molecule has 0 spiro atoms. The molecule has 0 saturated carbocycles. The molecule has 3 aromatic carbocycles. The Morgan fingerprint density at radius 1 is 1.12 bits per heavy atom. The number of benzene rings is 3. The summed E-state index contributed by atoms with van der Waals surface area (Å²) in [5.41, 5.74) is 7.85. The Hall–Kier alpha value is -4.26. The van der Waals surface area contributed by atoms with E-state index in [0.717, 1.165) is 40.2 Å². The number of nitrogens with one attached hydrogen (secondary N) is 2. The zero-order valence-electron chi connectivity index (χ0n) is 21.4. The van der Waals surface area contributed by atoms with E-state index in [1.54, 1.807) is 60.9 Å². The molecule has 206 valence electrons. The summed E-state index contributed by atoms with van der Waals surface area (Å²) in [4.78, 5) is 12.2. The van der Waals surface area contributed by atoms with Crippen molar-refractivity contribution in [1.29, 1.82) is 0 Å². The first kappa shape index (κ1) is 27.3. The van der Waals surface area contributed by atoms with Crippen LogP contribution in [0.1, 0.15) is 34.4 Å². The molecular formula is C28H28N6O4S2. The highest BCUT2D eigenvalue weighted by molar-refractivity contribution is 7.89. The van der Waals surface area contributed by atoms with Gasteiger partial charge in [0.25, 0.3) is 0 Å². The number of aromatic amines is 1. The van der Waals surface area contributed by atoms with E-state index in [0.29, 0.717) is 23.6 Å². The number of fused-ring (bicyclic) bond motifs is 1. The lowest BCUT2D eigenvalue weighted by molar-refractivity contribution is 0.310. The van der Waals surface area contributed by atoms with E-state index in [-0.39, 0.29) is 10.7 Å². The number of aromatic nitrogens is 3. The van der Waals surface area contributed by atoms with Gasteiger partial charge in [-0.3, -0.25) is 0 Å². The van der Waals surface area contributed by atoms with Gasteiger partial charge < -0.3 is 20.7 Å². The summed E-state index contributed by atoms with van der Waals surface area (Å²) in [5, 5.41) is 12.8. The zero-order valence-corrected chi connectivity index (χ0v) is 23.0. The molecule has 0 bridgehead atoms. The van der Waals surface area contributed by atoms with Gasteiger partial charge in [0, 0.05) is 24.4 Å². The van der Waals surface area contributed by atoms with Gasteiger partial charge in [-0.1, -0.05) is 41.6 Å². The number of sulfonamides is 1. The summed E-state index contributed by atoms with van der Waals surface area (Å²) < 4.78 is 36.3. The summed E-state index contributed by atoms with van der Waals surface area (Å²) >= 11 is 1.41. The van der Waals surface area contributed by atoms with Gasteiger partial charge in [-0.2, -0.15) is 0 Å². The molecule has 0 aliphatic heterocycles. The molecule has 1 atom stereocenters. The zero-order chi connectivity index (χ0) is 28.0. The molecule has 0 fully saturated rings. The maximum absolute atomic E-state index is 13.3. The topological polar surface area (TPSA) is 156 Å². The minimum Gasteiger partial charge on any atom is -0.494 e. The third-order valence-corrected chi connectivity index (χ3v) is 8.80. The highest BCUT2D eigenvalue weighted by atomic mass is 32.2. The van der Waals surface area contributed by atoms with Crippen LogP contribution in [0, 0.1) is 0 Å². The second-order valence-corrected chi connectivity index (χ2v) is 11.8. The van der Waals surface area contributed by atoms with Crippen molar-refractivity contribution < 1.29 is 18.4 Å². The molecule has 2 aromatic heterocycles. The van der Waals surface area contributed by atoms with Crippen LogP contribution >= 0.6 is 11.3 Å². The number of hydrogen-bond acceptors (Lipinski definition) is 8. The minimum absolute atomic E-state index is 0.0278. The number of ether oxygens (including phenoxy) is 1. The van der Waals surface area contributed by atoms with Gasteiger partial charge in [-0.15, -0.1) is 11.3 Å². The third kappa shape index (κ3) is 6.65. The SMILES string of the molecule is NC(=NO)c1cccc(CC(NS(=O)(=O)c2ccccc2)c2nc3ccc(OCCCc4ncc[nH]4)cc3s2)c1. The second-order valence-electron chi connectivity index (χ2n) is 9.05. The van der Waals surface area contributed by atoms with E-state index in [2.05, 4.69) is 19.8 Å². The number of aryl methyl sites for hydroxylation is 1. The smallest absolute Gasteiger partial charge is 0.241 e. The van der Waals surface area contributed by atoms with E-state index in [4.69, 9.17) is 20.7 Å². The molecule has 5 aromatic rings. The van der Waals surface area contributed by atoms with Gasteiger partial charge in [0.15, 0.2) is 5.84 Å². The van der Waals surface area contributed by atoms with Crippen molar-refractivity contribution in [1.82, 2.24) is 19.7 Å². The van der Waals surface area contributed by atoms with Crippen LogP contribution in [0.3, 0.4) is 0 Å². The number of H-pyrrole nitrogens is 1. The quantitative estimate of drug-likeness (QED) is 0.0564. The van der Waals surface area contributed by atoms with Gasteiger partial charge >= 0.3 is 0 Å². The molecule has 5 N–H and O–H groups in total. The molecule has 2 heterocycles. The largest absolute Gasteiger partial charge is 0.494 e. The fraction of sp³-hybridized carbons (Fsp3) is 0.179. The highest BCUT2D eigenvalue weighted by Gasteiger charge is 2.25. The van der Waals surface area contributed by atoms with Crippen molar-refractivity contribution in [2.75, 3.05) is 6.61 Å². The molecule has 10 nitrogen and oxygen atoms in total. The predicted octanol–water partition coefficient (Wildman–Crippen LogP) is 4.39. The standard InChI is InChI=1S/C28H28N6O4S2/c29-27(33-35)20-7-4-6-19(16-20)17-24(34-40(36,37)22-8-2-1-3-9-22)28-32-23-12-11-21(18-25(23)39-28)38-15-5-10-26-30-13-14-31-26/h1-4,6-9,11-14,16,18,24,34-35H,5,10,15,17H2,(H2,29,33)(H,30,31). The van der Waals surface area contributed by atoms with Crippen LogP contribution in [0.4, 0.5) is 0 Å². The highest BCUT2D eigenvalue weighted by Crippen LogP contribution is 2.32. The van der Waals surface area contributed by atoms with Gasteiger partial charge in [0.2, 0.25) is 10.0 Å². The minimum atomic E-state index is -3.84. The molecule has 0 radical (unpaired) electrons. The average Bonchev–Trinajstić information content (AvgIpc) is 3.65. The van der Waals surface area contributed by atoms with Crippen LogP contribution in [0.5, 0.6) is 5.75 Å². The Labute approximate surface area is 235 Å². The van der Waals surface area contributed by atoms with Gasteiger partial charge in [-0.25, -0.2) is 23.1 Å². The molecule has 0 amide bonds. The van der Waals surface area contributed by atoms with Crippen molar-refractivity contribution in [3.63, 3.8) is 0 Å². The van der Waals surface area contributed by atoms with E-state index in [9.17, 15) is 8.42 Å². The van der Waals surface area contributed by atoms with Crippen LogP contribution in [0.25, 0.3) is 10.2 Å². The summed E-state index contributed by atoms with van der Waals surface area (Å²) in [6, 6.07) is 20.3. The van der Waals surface area contributed by atoms with Crippen LogP contribution in [-0.2, 0) is 22.9 Å². The van der Waals surface area contributed by atoms with Crippen molar-refractivity contribution >= 4 is 37.4 Å². The Morgan fingerprint density at radius 2 is 1.98 bits per heavy atom. The lowest BCUT2D eigenvalue weighted by atomic mass is 10.0. The van der Waals surface area contributed by atoms with Crippen molar-refractivity contribution in [3.8, 4) is 5.75 Å². The van der Waals surface area contributed by atoms with Crippen molar-refractivity contribution in [2.24, 2.45) is 10.9 Å². The third-order valence-electron chi connectivity index (χ3n) is 6.18. The normalized spacial score (nSPS) is 12.9. The maximum Gasteiger partial charge on any atom is 0.241 e. The Morgan fingerprint density at radius 3 is 2.75 bits per heavy atom. The molecule has 40 heavy (non-hydrogen) atoms. The number of nitrogens with zero attached hydrogens (tertiary/aromatic N) is 3. The first-order valence-corrected chi connectivity index (χ1v) is 14.9. The first-order valence-electron chi connectivity index (χ1n) is 12.6. The Bertz CT molecular complexity index is 1700. The predicted molar refractivity (Wildman–Crippen MR) is 154 cm³/mol. The summed E-state index contributed by atoms with van der Waals surface area (Å²) in [6.07, 6.45) is 5.44. The van der Waals surface area contributed by atoms with Crippen LogP contribution in [0.2, 0.25) is 0 Å². The monoisotopic (exact) mass is 576 g/mol. The molecule has 0 aliphatic rings. The number of amidine groups is 1. The van der Waals surface area contributed by atoms with Crippen LogP contribution < -0.4 is 15.2 Å². The van der Waals surface area contributed by atoms with E-state index in [1.807, 2.05) is 24.3 Å². The van der Waals surface area contributed by atoms with Crippen LogP contribution in [-0.4, -0.2) is 41.0 Å². The van der Waals surface area contributed by atoms with E-state index in [1.165, 1.54) is 11.3 Å². The number of thiazole rings is 1. The maximum atomic E-state index is 13.3. The fourth-order valence-electron chi connectivity index (χ4n) is 4.21. The molecular weight excluding hydrogens is 548 g/mol. The van der Waals surface area contributed by atoms with E-state index < -0.39 is 16.1 Å². The Kier molecular flexibility index (Phi) is 8.39. The molecule has 12 heteroatoms. The summed E-state index contributed by atoms with van der Waals surface area (Å²) in [6.45, 7) is 0.536. The number of hydrogen-bond donors (Lipinski definition) is 4. The lowest BCUT2D eigenvalue weighted by Crippen LogP contribution is -2.30. The van der Waals surface area contributed by atoms with Crippen LogP contribution in [0.15, 0.2) is 95.2 Å². The van der Waals surface area contributed by atoms with Crippen molar-refractivity contribution in [2.45, 2.75) is 30.2 Å². The Balaban J connectivity index is 1.39. The lowest BCUT2D eigenvalue weighted by Gasteiger charge is -2.17. The summed E-state index contributed by atoms with van der Waals surface area (Å²) in [5.74, 6) is 1.61. The van der Waals surface area contributed by atoms with Gasteiger partial charge in [-0.05, 0) is 54.8 Å². The average molecular weight is 577 g/mol.